The van der Waals surface area contributed by atoms with Gasteiger partial charge in [-0.05, 0) is 37.8 Å². The zero-order valence-corrected chi connectivity index (χ0v) is 13.5. The van der Waals surface area contributed by atoms with Crippen LogP contribution in [0.2, 0.25) is 0 Å². The topological polar surface area (TPSA) is 86.1 Å². The Morgan fingerprint density at radius 1 is 1.29 bits per heavy atom. The summed E-state index contributed by atoms with van der Waals surface area (Å²) in [7, 11) is 1.63. The van der Waals surface area contributed by atoms with Crippen LogP contribution in [-0.2, 0) is 7.05 Å². The zero-order valence-electron chi connectivity index (χ0n) is 13.5. The van der Waals surface area contributed by atoms with Crippen molar-refractivity contribution in [2.45, 2.75) is 37.8 Å². The van der Waals surface area contributed by atoms with Crippen LogP contribution in [0.3, 0.4) is 0 Å². The minimum absolute atomic E-state index is 0.0594. The molecule has 24 heavy (non-hydrogen) atoms. The van der Waals surface area contributed by atoms with Crippen LogP contribution in [0, 0.1) is 0 Å². The van der Waals surface area contributed by atoms with Gasteiger partial charge in [-0.2, -0.15) is 0 Å². The summed E-state index contributed by atoms with van der Waals surface area (Å²) in [5.41, 5.74) is -0.104. The molecule has 7 heteroatoms. The molecule has 0 aromatic carbocycles. The fourth-order valence-corrected chi connectivity index (χ4v) is 2.88. The van der Waals surface area contributed by atoms with Crippen molar-refractivity contribution in [3.05, 3.63) is 52.8 Å². The number of amides is 1. The Kier molecular flexibility index (Phi) is 4.88. The zero-order chi connectivity index (χ0) is 16.9. The van der Waals surface area contributed by atoms with Crippen LogP contribution in [0.4, 0.5) is 0 Å². The quantitative estimate of drug-likeness (QED) is 0.914. The lowest BCUT2D eigenvalue weighted by atomic mass is 9.92. The molecule has 1 saturated carbocycles. The van der Waals surface area contributed by atoms with Gasteiger partial charge >= 0.3 is 0 Å². The number of nitrogens with zero attached hydrogens (tertiary/aromatic N) is 3. The Balaban J connectivity index is 1.53. The Morgan fingerprint density at radius 2 is 2.08 bits per heavy atom. The Bertz CT molecular complexity index is 752. The highest BCUT2D eigenvalue weighted by atomic mass is 16.5. The summed E-state index contributed by atoms with van der Waals surface area (Å²) < 4.78 is 7.19. The Morgan fingerprint density at radius 3 is 2.79 bits per heavy atom. The first-order chi connectivity index (χ1) is 11.6. The van der Waals surface area contributed by atoms with Gasteiger partial charge in [0.05, 0.1) is 6.20 Å². The largest absolute Gasteiger partial charge is 0.473 e. The summed E-state index contributed by atoms with van der Waals surface area (Å²) in [5.74, 6) is 0.215. The van der Waals surface area contributed by atoms with E-state index in [1.165, 1.54) is 4.57 Å². The molecule has 0 aliphatic heterocycles. The maximum absolute atomic E-state index is 12.3. The van der Waals surface area contributed by atoms with E-state index in [4.69, 9.17) is 4.74 Å². The van der Waals surface area contributed by atoms with Crippen molar-refractivity contribution >= 4 is 5.91 Å². The first-order valence-corrected chi connectivity index (χ1v) is 8.02. The monoisotopic (exact) mass is 328 g/mol. The second kappa shape index (κ2) is 7.25. The normalized spacial score (nSPS) is 20.4. The van der Waals surface area contributed by atoms with Gasteiger partial charge in [0.1, 0.15) is 11.7 Å². The summed E-state index contributed by atoms with van der Waals surface area (Å²) in [5, 5.41) is 2.95. The summed E-state index contributed by atoms with van der Waals surface area (Å²) in [6, 6.07) is 3.31. The number of nitrogens with one attached hydrogen (secondary N) is 1. The number of ether oxygens (including phenoxy) is 1. The molecule has 126 valence electrons. The maximum atomic E-state index is 12.3. The SMILES string of the molecule is Cn1cccc(C(=O)NC2CCC(Oc3cnccn3)CC2)c1=O. The molecular formula is C17H20N4O3. The number of hydrogen-bond donors (Lipinski definition) is 1. The van der Waals surface area contributed by atoms with E-state index in [2.05, 4.69) is 15.3 Å². The number of rotatable bonds is 4. The molecule has 0 unspecified atom stereocenters. The van der Waals surface area contributed by atoms with E-state index in [1.807, 2.05) is 0 Å². The second-order valence-electron chi connectivity index (χ2n) is 5.95. The number of aromatic nitrogens is 3. The third-order valence-corrected chi connectivity index (χ3v) is 4.20. The van der Waals surface area contributed by atoms with E-state index in [-0.39, 0.29) is 29.2 Å². The average Bonchev–Trinajstić information content (AvgIpc) is 2.60. The Hall–Kier alpha value is -2.70. The third-order valence-electron chi connectivity index (χ3n) is 4.20. The minimum Gasteiger partial charge on any atom is -0.473 e. The molecule has 0 saturated heterocycles. The van der Waals surface area contributed by atoms with Crippen LogP contribution in [0.1, 0.15) is 36.0 Å². The highest BCUT2D eigenvalue weighted by Gasteiger charge is 2.25. The van der Waals surface area contributed by atoms with Crippen molar-refractivity contribution in [2.75, 3.05) is 0 Å². The van der Waals surface area contributed by atoms with Crippen molar-refractivity contribution in [2.24, 2.45) is 7.05 Å². The fourth-order valence-electron chi connectivity index (χ4n) is 2.88. The Labute approximate surface area is 139 Å². The molecule has 0 radical (unpaired) electrons. The van der Waals surface area contributed by atoms with Gasteiger partial charge in [-0.3, -0.25) is 14.6 Å². The van der Waals surface area contributed by atoms with E-state index in [1.54, 1.807) is 44.0 Å². The highest BCUT2D eigenvalue weighted by Crippen LogP contribution is 2.22. The first-order valence-electron chi connectivity index (χ1n) is 8.02. The van der Waals surface area contributed by atoms with Crippen molar-refractivity contribution < 1.29 is 9.53 Å². The predicted octanol–water partition coefficient (Wildman–Crippen LogP) is 1.30. The number of pyridine rings is 1. The third kappa shape index (κ3) is 3.79. The molecule has 1 fully saturated rings. The van der Waals surface area contributed by atoms with Crippen molar-refractivity contribution in [1.29, 1.82) is 0 Å². The van der Waals surface area contributed by atoms with Crippen molar-refractivity contribution in [1.82, 2.24) is 19.9 Å². The summed E-state index contributed by atoms with van der Waals surface area (Å²) >= 11 is 0. The molecule has 2 aromatic heterocycles. The van der Waals surface area contributed by atoms with E-state index in [9.17, 15) is 9.59 Å². The molecule has 1 N–H and O–H groups in total. The molecule has 0 bridgehead atoms. The lowest BCUT2D eigenvalue weighted by Gasteiger charge is -2.29. The molecular weight excluding hydrogens is 308 g/mol. The van der Waals surface area contributed by atoms with Gasteiger partial charge in [0.15, 0.2) is 0 Å². The molecule has 2 heterocycles. The lowest BCUT2D eigenvalue weighted by molar-refractivity contribution is 0.0888. The molecule has 1 aliphatic rings. The molecule has 7 nitrogen and oxygen atoms in total. The van der Waals surface area contributed by atoms with E-state index >= 15 is 0 Å². The smallest absolute Gasteiger partial charge is 0.263 e. The van der Waals surface area contributed by atoms with Gasteiger partial charge in [0, 0.05) is 31.7 Å². The molecule has 0 spiro atoms. The van der Waals surface area contributed by atoms with E-state index < -0.39 is 0 Å². The van der Waals surface area contributed by atoms with Crippen molar-refractivity contribution in [3.8, 4) is 5.88 Å². The van der Waals surface area contributed by atoms with E-state index in [0.29, 0.717) is 5.88 Å². The number of aryl methyl sites for hydroxylation is 1. The number of hydrogen-bond acceptors (Lipinski definition) is 5. The summed E-state index contributed by atoms with van der Waals surface area (Å²) in [4.78, 5) is 32.3. The lowest BCUT2D eigenvalue weighted by Crippen LogP contribution is -2.41. The van der Waals surface area contributed by atoms with Gasteiger partial charge in [0.25, 0.3) is 11.5 Å². The van der Waals surface area contributed by atoms with Gasteiger partial charge < -0.3 is 14.6 Å². The van der Waals surface area contributed by atoms with Crippen molar-refractivity contribution in [3.63, 3.8) is 0 Å². The van der Waals surface area contributed by atoms with Crippen LogP contribution >= 0.6 is 0 Å². The molecule has 3 rings (SSSR count). The van der Waals surface area contributed by atoms with Gasteiger partial charge in [-0.25, -0.2) is 4.98 Å². The molecule has 0 atom stereocenters. The standard InChI is InChI=1S/C17H20N4O3/c1-21-10-2-3-14(17(21)23)16(22)20-12-4-6-13(7-5-12)24-15-11-18-8-9-19-15/h2-3,8-13H,4-7H2,1H3,(H,20,22). The molecule has 2 aromatic rings. The van der Waals surface area contributed by atoms with Crippen LogP contribution in [0.5, 0.6) is 5.88 Å². The van der Waals surface area contributed by atoms with Crippen LogP contribution in [0.15, 0.2) is 41.7 Å². The fraction of sp³-hybridized carbons (Fsp3) is 0.412. The minimum atomic E-state index is -0.311. The number of carbonyl (C=O) groups excluding carboxylic acids is 1. The van der Waals surface area contributed by atoms with Gasteiger partial charge in [0.2, 0.25) is 5.88 Å². The summed E-state index contributed by atoms with van der Waals surface area (Å²) in [6.07, 6.45) is 9.79. The van der Waals surface area contributed by atoms with E-state index in [0.717, 1.165) is 25.7 Å². The van der Waals surface area contributed by atoms with Gasteiger partial charge in [-0.15, -0.1) is 0 Å². The highest BCUT2D eigenvalue weighted by molar-refractivity contribution is 5.93. The first kappa shape index (κ1) is 16.2. The van der Waals surface area contributed by atoms with Crippen LogP contribution < -0.4 is 15.6 Å². The average molecular weight is 328 g/mol. The van der Waals surface area contributed by atoms with Crippen LogP contribution in [-0.4, -0.2) is 32.6 Å². The summed E-state index contributed by atoms with van der Waals surface area (Å²) in [6.45, 7) is 0. The number of carbonyl (C=O) groups is 1. The molecule has 1 amide bonds. The predicted molar refractivity (Wildman–Crippen MR) is 87.9 cm³/mol. The van der Waals surface area contributed by atoms with Crippen LogP contribution in [0.25, 0.3) is 0 Å². The molecule has 1 aliphatic carbocycles. The maximum Gasteiger partial charge on any atom is 0.263 e. The van der Waals surface area contributed by atoms with Gasteiger partial charge in [-0.1, -0.05) is 0 Å². The second-order valence-corrected chi connectivity index (χ2v) is 5.95.